The highest BCUT2D eigenvalue weighted by Crippen LogP contribution is 2.28. The van der Waals surface area contributed by atoms with Gasteiger partial charge in [-0.1, -0.05) is 25.1 Å². The first-order valence-electron chi connectivity index (χ1n) is 6.91. The molecule has 2 unspecified atom stereocenters. The summed E-state index contributed by atoms with van der Waals surface area (Å²) in [4.78, 5) is 0. The Morgan fingerprint density at radius 3 is 2.94 bits per heavy atom. The monoisotopic (exact) mass is 249 g/mol. The van der Waals surface area contributed by atoms with Crippen molar-refractivity contribution < 1.29 is 9.47 Å². The van der Waals surface area contributed by atoms with Gasteiger partial charge in [-0.2, -0.15) is 0 Å². The molecule has 3 nitrogen and oxygen atoms in total. The Kier molecular flexibility index (Phi) is 5.02. The molecule has 0 aliphatic carbocycles. The minimum Gasteiger partial charge on any atom is -0.493 e. The summed E-state index contributed by atoms with van der Waals surface area (Å²) < 4.78 is 11.6. The molecule has 1 fully saturated rings. The maximum absolute atomic E-state index is 5.97. The molecule has 1 aromatic carbocycles. The fraction of sp³-hybridized carbons (Fsp3) is 0.600. The highest BCUT2D eigenvalue weighted by molar-refractivity contribution is 5.35. The van der Waals surface area contributed by atoms with E-state index in [0.29, 0.717) is 12.6 Å². The Morgan fingerprint density at radius 1 is 1.33 bits per heavy atom. The standard InChI is InChI=1S/C15H23NO2/c1-3-12-9-10-18-15(11-16-12)13-7-5-6-8-14(13)17-4-2/h5-8,12,15-16H,3-4,9-11H2,1-2H3. The van der Waals surface area contributed by atoms with Crippen LogP contribution in [0.3, 0.4) is 0 Å². The molecule has 2 atom stereocenters. The highest BCUT2D eigenvalue weighted by atomic mass is 16.5. The van der Waals surface area contributed by atoms with Crippen molar-refractivity contribution >= 4 is 0 Å². The molecule has 1 aliphatic heterocycles. The molecule has 1 N–H and O–H groups in total. The van der Waals surface area contributed by atoms with E-state index in [4.69, 9.17) is 9.47 Å². The van der Waals surface area contributed by atoms with Crippen LogP contribution in [-0.2, 0) is 4.74 Å². The highest BCUT2D eigenvalue weighted by Gasteiger charge is 2.21. The molecule has 1 saturated heterocycles. The molecular formula is C15H23NO2. The minimum absolute atomic E-state index is 0.101. The second-order valence-corrected chi connectivity index (χ2v) is 4.63. The quantitative estimate of drug-likeness (QED) is 0.890. The molecule has 1 heterocycles. The Hall–Kier alpha value is -1.06. The van der Waals surface area contributed by atoms with Gasteiger partial charge in [-0.3, -0.25) is 0 Å². The molecule has 0 saturated carbocycles. The topological polar surface area (TPSA) is 30.5 Å². The van der Waals surface area contributed by atoms with Crippen LogP contribution in [0, 0.1) is 0 Å². The summed E-state index contributed by atoms with van der Waals surface area (Å²) in [6.07, 6.45) is 2.34. The zero-order valence-electron chi connectivity index (χ0n) is 11.3. The predicted molar refractivity (Wildman–Crippen MR) is 73.0 cm³/mol. The molecule has 0 amide bonds. The number of ether oxygens (including phenoxy) is 2. The third kappa shape index (κ3) is 3.24. The van der Waals surface area contributed by atoms with Crippen LogP contribution in [0.5, 0.6) is 5.75 Å². The van der Waals surface area contributed by atoms with Gasteiger partial charge in [0.2, 0.25) is 0 Å². The first-order chi connectivity index (χ1) is 8.85. The smallest absolute Gasteiger partial charge is 0.125 e. The summed E-state index contributed by atoms with van der Waals surface area (Å²) in [5.74, 6) is 0.946. The molecule has 0 spiro atoms. The van der Waals surface area contributed by atoms with E-state index in [9.17, 15) is 0 Å². The van der Waals surface area contributed by atoms with Crippen molar-refractivity contribution in [2.24, 2.45) is 0 Å². The first-order valence-corrected chi connectivity index (χ1v) is 6.91. The molecule has 2 rings (SSSR count). The molecule has 0 aromatic heterocycles. The number of hydrogen-bond acceptors (Lipinski definition) is 3. The van der Waals surface area contributed by atoms with Gasteiger partial charge in [0.25, 0.3) is 0 Å². The van der Waals surface area contributed by atoms with Gasteiger partial charge in [0, 0.05) is 24.8 Å². The Labute approximate surface area is 109 Å². The van der Waals surface area contributed by atoms with Crippen LogP contribution in [0.2, 0.25) is 0 Å². The van der Waals surface area contributed by atoms with E-state index in [1.165, 1.54) is 0 Å². The fourth-order valence-corrected chi connectivity index (χ4v) is 2.37. The van der Waals surface area contributed by atoms with Gasteiger partial charge in [0.1, 0.15) is 5.75 Å². The van der Waals surface area contributed by atoms with Crippen LogP contribution in [0.25, 0.3) is 0 Å². The Balaban J connectivity index is 2.10. The maximum atomic E-state index is 5.97. The van der Waals surface area contributed by atoms with Crippen molar-refractivity contribution in [1.82, 2.24) is 5.32 Å². The van der Waals surface area contributed by atoms with Crippen LogP contribution in [-0.4, -0.2) is 25.8 Å². The first kappa shape index (κ1) is 13.4. The van der Waals surface area contributed by atoms with Gasteiger partial charge in [0.05, 0.1) is 12.7 Å². The molecule has 18 heavy (non-hydrogen) atoms. The van der Waals surface area contributed by atoms with Crippen molar-refractivity contribution in [1.29, 1.82) is 0 Å². The lowest BCUT2D eigenvalue weighted by atomic mass is 10.1. The Bertz CT molecular complexity index is 367. The molecule has 0 bridgehead atoms. The largest absolute Gasteiger partial charge is 0.493 e. The van der Waals surface area contributed by atoms with Gasteiger partial charge in [-0.05, 0) is 25.8 Å². The van der Waals surface area contributed by atoms with E-state index >= 15 is 0 Å². The van der Waals surface area contributed by atoms with E-state index in [1.807, 2.05) is 25.1 Å². The summed E-state index contributed by atoms with van der Waals surface area (Å²) in [6.45, 7) is 6.59. The van der Waals surface area contributed by atoms with Crippen LogP contribution in [0.4, 0.5) is 0 Å². The average molecular weight is 249 g/mol. The second-order valence-electron chi connectivity index (χ2n) is 4.63. The zero-order chi connectivity index (χ0) is 12.8. The van der Waals surface area contributed by atoms with Crippen molar-refractivity contribution in [3.05, 3.63) is 29.8 Å². The van der Waals surface area contributed by atoms with Crippen molar-refractivity contribution in [2.75, 3.05) is 19.8 Å². The van der Waals surface area contributed by atoms with Crippen molar-refractivity contribution in [2.45, 2.75) is 38.8 Å². The maximum Gasteiger partial charge on any atom is 0.125 e. The fourth-order valence-electron chi connectivity index (χ4n) is 2.37. The van der Waals surface area contributed by atoms with E-state index in [0.717, 1.165) is 37.3 Å². The van der Waals surface area contributed by atoms with Crippen LogP contribution < -0.4 is 10.1 Å². The molecule has 3 heteroatoms. The number of para-hydroxylation sites is 1. The van der Waals surface area contributed by atoms with Gasteiger partial charge in [0.15, 0.2) is 0 Å². The minimum atomic E-state index is 0.101. The Morgan fingerprint density at radius 2 is 2.17 bits per heavy atom. The van der Waals surface area contributed by atoms with Gasteiger partial charge in [-0.25, -0.2) is 0 Å². The SMILES string of the molecule is CCOc1ccccc1C1CNC(CC)CCO1. The number of rotatable bonds is 4. The normalized spacial score (nSPS) is 24.6. The van der Waals surface area contributed by atoms with Crippen molar-refractivity contribution in [3.8, 4) is 5.75 Å². The van der Waals surface area contributed by atoms with Crippen LogP contribution in [0.15, 0.2) is 24.3 Å². The summed E-state index contributed by atoms with van der Waals surface area (Å²) in [5.41, 5.74) is 1.16. The second kappa shape index (κ2) is 6.76. The van der Waals surface area contributed by atoms with Crippen LogP contribution in [0.1, 0.15) is 38.4 Å². The lowest BCUT2D eigenvalue weighted by Crippen LogP contribution is -2.29. The lowest BCUT2D eigenvalue weighted by Gasteiger charge is -2.19. The summed E-state index contributed by atoms with van der Waals surface area (Å²) >= 11 is 0. The third-order valence-corrected chi connectivity index (χ3v) is 3.44. The van der Waals surface area contributed by atoms with E-state index in [1.54, 1.807) is 0 Å². The summed E-state index contributed by atoms with van der Waals surface area (Å²) in [6, 6.07) is 8.75. The molecule has 0 radical (unpaired) electrons. The van der Waals surface area contributed by atoms with Gasteiger partial charge in [-0.15, -0.1) is 0 Å². The van der Waals surface area contributed by atoms with Crippen molar-refractivity contribution in [3.63, 3.8) is 0 Å². The predicted octanol–water partition coefficient (Wildman–Crippen LogP) is 2.91. The molecule has 100 valence electrons. The average Bonchev–Trinajstić information content (AvgIpc) is 2.65. The summed E-state index contributed by atoms with van der Waals surface area (Å²) in [7, 11) is 0. The van der Waals surface area contributed by atoms with Gasteiger partial charge >= 0.3 is 0 Å². The zero-order valence-corrected chi connectivity index (χ0v) is 11.3. The number of nitrogens with one attached hydrogen (secondary N) is 1. The number of benzene rings is 1. The van der Waals surface area contributed by atoms with E-state index in [2.05, 4.69) is 18.3 Å². The third-order valence-electron chi connectivity index (χ3n) is 3.44. The van der Waals surface area contributed by atoms with E-state index in [-0.39, 0.29) is 6.10 Å². The van der Waals surface area contributed by atoms with Crippen LogP contribution >= 0.6 is 0 Å². The molecular weight excluding hydrogens is 226 g/mol. The molecule has 1 aliphatic rings. The lowest BCUT2D eigenvalue weighted by molar-refractivity contribution is 0.0641. The van der Waals surface area contributed by atoms with E-state index < -0.39 is 0 Å². The number of hydrogen-bond donors (Lipinski definition) is 1. The van der Waals surface area contributed by atoms with Gasteiger partial charge < -0.3 is 14.8 Å². The molecule has 1 aromatic rings. The summed E-state index contributed by atoms with van der Waals surface area (Å²) in [5, 5.41) is 3.57.